The summed E-state index contributed by atoms with van der Waals surface area (Å²) >= 11 is 0. The lowest BCUT2D eigenvalue weighted by Gasteiger charge is -2.36. The van der Waals surface area contributed by atoms with Gasteiger partial charge in [-0.05, 0) is 37.3 Å². The SMILES string of the molecule is CCc1cccc2c3c(n(N=O)c12)C(CC)(CC(C)=O)OCC3. The van der Waals surface area contributed by atoms with Crippen molar-refractivity contribution in [2.45, 2.75) is 52.1 Å². The molecule has 1 aliphatic rings. The quantitative estimate of drug-likeness (QED) is 0.787. The molecule has 0 saturated carbocycles. The summed E-state index contributed by atoms with van der Waals surface area (Å²) in [6.07, 6.45) is 2.46. The number of carbonyl (C=O) groups excluding carboxylic acids is 1. The van der Waals surface area contributed by atoms with Crippen LogP contribution in [0.1, 0.15) is 50.4 Å². The second-order valence-electron chi connectivity index (χ2n) is 6.21. The average Bonchev–Trinajstić information content (AvgIpc) is 2.89. The monoisotopic (exact) mass is 314 g/mol. The lowest BCUT2D eigenvalue weighted by atomic mass is 9.85. The fraction of sp³-hybridized carbons (Fsp3) is 0.500. The van der Waals surface area contributed by atoms with Gasteiger partial charge in [0.2, 0.25) is 0 Å². The Hall–Kier alpha value is -2.01. The van der Waals surface area contributed by atoms with E-state index in [9.17, 15) is 9.70 Å². The highest BCUT2D eigenvalue weighted by Gasteiger charge is 2.42. The first-order chi connectivity index (χ1) is 11.1. The Kier molecular flexibility index (Phi) is 4.06. The highest BCUT2D eigenvalue weighted by Crippen LogP contribution is 2.44. The second kappa shape index (κ2) is 5.89. The van der Waals surface area contributed by atoms with E-state index in [1.165, 1.54) is 4.68 Å². The molecule has 5 heteroatoms. The zero-order valence-corrected chi connectivity index (χ0v) is 13.9. The number of nitroso groups, excluding NO2 is 1. The van der Waals surface area contributed by atoms with E-state index >= 15 is 0 Å². The number of Topliss-reactive ketones (excluding diaryl/α,β-unsaturated/α-hetero) is 1. The molecule has 3 rings (SSSR count). The van der Waals surface area contributed by atoms with E-state index in [1.54, 1.807) is 6.92 Å². The fourth-order valence-corrected chi connectivity index (χ4v) is 3.89. The highest BCUT2D eigenvalue weighted by molar-refractivity contribution is 5.89. The van der Waals surface area contributed by atoms with E-state index in [4.69, 9.17) is 4.74 Å². The minimum atomic E-state index is -0.753. The molecule has 1 atom stereocenters. The molecule has 0 radical (unpaired) electrons. The van der Waals surface area contributed by atoms with Crippen LogP contribution in [0.15, 0.2) is 23.5 Å². The van der Waals surface area contributed by atoms with Gasteiger partial charge < -0.3 is 4.74 Å². The molecule has 2 aromatic rings. The largest absolute Gasteiger partial charge is 0.368 e. The molecule has 122 valence electrons. The number of para-hydroxylation sites is 1. The Morgan fingerprint density at radius 1 is 1.39 bits per heavy atom. The van der Waals surface area contributed by atoms with Crippen molar-refractivity contribution in [3.05, 3.63) is 39.9 Å². The number of carbonyl (C=O) groups is 1. The van der Waals surface area contributed by atoms with Crippen LogP contribution >= 0.6 is 0 Å². The summed E-state index contributed by atoms with van der Waals surface area (Å²) in [6.45, 7) is 6.18. The number of fused-ring (bicyclic) bond motifs is 3. The van der Waals surface area contributed by atoms with Crippen molar-refractivity contribution in [2.24, 2.45) is 5.29 Å². The maximum absolute atomic E-state index is 11.8. The van der Waals surface area contributed by atoms with E-state index < -0.39 is 5.60 Å². The van der Waals surface area contributed by atoms with Crippen LogP contribution in [-0.2, 0) is 28.0 Å². The summed E-state index contributed by atoms with van der Waals surface area (Å²) in [5, 5.41) is 4.37. The summed E-state index contributed by atoms with van der Waals surface area (Å²) in [7, 11) is 0. The number of aromatic nitrogens is 1. The Bertz CT molecular complexity index is 778. The normalized spacial score (nSPS) is 20.5. The Labute approximate surface area is 135 Å². The van der Waals surface area contributed by atoms with Crippen molar-refractivity contribution >= 4 is 16.7 Å². The van der Waals surface area contributed by atoms with Gasteiger partial charge in [-0.25, -0.2) is 0 Å². The maximum Gasteiger partial charge on any atom is 0.133 e. The first-order valence-corrected chi connectivity index (χ1v) is 8.20. The number of rotatable bonds is 5. The molecule has 1 unspecified atom stereocenters. The van der Waals surface area contributed by atoms with Gasteiger partial charge in [0.15, 0.2) is 0 Å². The van der Waals surface area contributed by atoms with Crippen LogP contribution in [0.25, 0.3) is 10.9 Å². The van der Waals surface area contributed by atoms with Gasteiger partial charge in [-0.15, -0.1) is 4.91 Å². The first kappa shape index (κ1) is 15.9. The molecule has 0 saturated heterocycles. The van der Waals surface area contributed by atoms with Gasteiger partial charge in [0.25, 0.3) is 0 Å². The summed E-state index contributed by atoms with van der Waals surface area (Å²) in [4.78, 5) is 23.5. The average molecular weight is 314 g/mol. The Morgan fingerprint density at radius 2 is 2.17 bits per heavy atom. The first-order valence-electron chi connectivity index (χ1n) is 8.20. The number of benzene rings is 1. The molecule has 2 heterocycles. The van der Waals surface area contributed by atoms with E-state index in [0.29, 0.717) is 13.0 Å². The predicted octanol–water partition coefficient (Wildman–Crippen LogP) is 3.89. The molecule has 1 aliphatic heterocycles. The number of hydrogen-bond donors (Lipinski definition) is 0. The van der Waals surface area contributed by atoms with Gasteiger partial charge in [-0.2, -0.15) is 4.68 Å². The Balaban J connectivity index is 2.39. The van der Waals surface area contributed by atoms with Crippen LogP contribution in [0.5, 0.6) is 0 Å². The number of ether oxygens (including phenoxy) is 1. The number of hydrogen-bond acceptors (Lipinski definition) is 4. The van der Waals surface area contributed by atoms with E-state index in [2.05, 4.69) is 12.2 Å². The molecule has 1 aromatic carbocycles. The minimum absolute atomic E-state index is 0.0538. The molecule has 0 spiro atoms. The van der Waals surface area contributed by atoms with Crippen molar-refractivity contribution in [2.75, 3.05) is 6.61 Å². The van der Waals surface area contributed by atoms with Crippen LogP contribution in [0.3, 0.4) is 0 Å². The zero-order valence-electron chi connectivity index (χ0n) is 13.9. The summed E-state index contributed by atoms with van der Waals surface area (Å²) in [5.74, 6) is 0.0538. The molecule has 1 aromatic heterocycles. The predicted molar refractivity (Wildman–Crippen MR) is 89.4 cm³/mol. The highest BCUT2D eigenvalue weighted by atomic mass is 16.5. The molecule has 0 N–H and O–H groups in total. The summed E-state index contributed by atoms with van der Waals surface area (Å²) in [6, 6.07) is 6.08. The Morgan fingerprint density at radius 3 is 2.78 bits per heavy atom. The smallest absolute Gasteiger partial charge is 0.133 e. The molecule has 5 nitrogen and oxygen atoms in total. The third kappa shape index (κ3) is 2.30. The van der Waals surface area contributed by atoms with E-state index in [1.807, 2.05) is 25.1 Å². The molecule has 0 amide bonds. The number of ketones is 1. The molecule has 0 fully saturated rings. The van der Waals surface area contributed by atoms with Crippen LogP contribution in [0, 0.1) is 4.91 Å². The third-order valence-corrected chi connectivity index (χ3v) is 4.88. The summed E-state index contributed by atoms with van der Waals surface area (Å²) < 4.78 is 7.54. The van der Waals surface area contributed by atoms with Crippen LogP contribution in [0.4, 0.5) is 0 Å². The van der Waals surface area contributed by atoms with Crippen molar-refractivity contribution in [1.29, 1.82) is 0 Å². The van der Waals surface area contributed by atoms with Crippen LogP contribution in [0.2, 0.25) is 0 Å². The van der Waals surface area contributed by atoms with Gasteiger partial charge in [-0.1, -0.05) is 32.0 Å². The lowest BCUT2D eigenvalue weighted by molar-refractivity contribution is -0.129. The molecular weight excluding hydrogens is 292 g/mol. The topological polar surface area (TPSA) is 60.7 Å². The molecule has 23 heavy (non-hydrogen) atoms. The molecule has 0 bridgehead atoms. The minimum Gasteiger partial charge on any atom is -0.368 e. The maximum atomic E-state index is 11.8. The van der Waals surface area contributed by atoms with Gasteiger partial charge in [0.1, 0.15) is 11.4 Å². The standard InChI is InChI=1S/C18H22N2O3/c1-4-13-7-6-8-14-15-9-10-23-18(5-2,11-12(3)21)17(15)20(19-22)16(13)14/h6-8H,4-5,9-11H2,1-3H3. The number of aryl methyl sites for hydroxylation is 1. The third-order valence-electron chi connectivity index (χ3n) is 4.88. The molecular formula is C18H22N2O3. The summed E-state index contributed by atoms with van der Waals surface area (Å²) in [5.41, 5.74) is 3.07. The van der Waals surface area contributed by atoms with Gasteiger partial charge in [-0.3, -0.25) is 4.79 Å². The van der Waals surface area contributed by atoms with Crippen LogP contribution < -0.4 is 0 Å². The molecule has 0 aliphatic carbocycles. The van der Waals surface area contributed by atoms with Gasteiger partial charge >= 0.3 is 0 Å². The van der Waals surface area contributed by atoms with Crippen molar-refractivity contribution in [3.8, 4) is 0 Å². The second-order valence-corrected chi connectivity index (χ2v) is 6.21. The van der Waals surface area contributed by atoms with Crippen molar-refractivity contribution < 1.29 is 9.53 Å². The van der Waals surface area contributed by atoms with Gasteiger partial charge in [0.05, 0.1) is 23.1 Å². The number of nitrogens with zero attached hydrogens (tertiary/aromatic N) is 2. The fourth-order valence-electron chi connectivity index (χ4n) is 3.89. The zero-order chi connectivity index (χ0) is 16.6. The van der Waals surface area contributed by atoms with Crippen LogP contribution in [-0.4, -0.2) is 17.1 Å². The van der Waals surface area contributed by atoms with E-state index in [0.717, 1.165) is 40.6 Å². The lowest BCUT2D eigenvalue weighted by Crippen LogP contribution is -2.38. The van der Waals surface area contributed by atoms with E-state index in [-0.39, 0.29) is 12.2 Å². The van der Waals surface area contributed by atoms with Gasteiger partial charge in [0, 0.05) is 11.8 Å². The van der Waals surface area contributed by atoms with Crippen molar-refractivity contribution in [3.63, 3.8) is 0 Å². The van der Waals surface area contributed by atoms with Crippen molar-refractivity contribution in [1.82, 2.24) is 4.68 Å².